The molecule has 0 bridgehead atoms. The second kappa shape index (κ2) is 5.44. The number of hydrogen-bond acceptors (Lipinski definition) is 5. The van der Waals surface area contributed by atoms with Crippen LogP contribution in [0.15, 0.2) is 24.4 Å². The van der Waals surface area contributed by atoms with Gasteiger partial charge in [0.15, 0.2) is 11.6 Å². The SMILES string of the molecule is NCc1cn(CC(=O)Nc2ccc(O)c(F)c2)nn1. The Balaban J connectivity index is 1.98. The number of aromatic nitrogens is 3. The van der Waals surface area contributed by atoms with Gasteiger partial charge in [-0.25, -0.2) is 9.07 Å². The molecule has 2 rings (SSSR count). The Morgan fingerprint density at radius 2 is 2.32 bits per heavy atom. The molecule has 0 saturated heterocycles. The van der Waals surface area contributed by atoms with E-state index in [4.69, 9.17) is 10.8 Å². The summed E-state index contributed by atoms with van der Waals surface area (Å²) in [4.78, 5) is 11.7. The number of anilines is 1. The van der Waals surface area contributed by atoms with E-state index in [1.807, 2.05) is 0 Å². The smallest absolute Gasteiger partial charge is 0.246 e. The Labute approximate surface area is 107 Å². The first kappa shape index (κ1) is 13.0. The molecule has 1 aromatic carbocycles. The molecule has 7 nitrogen and oxygen atoms in total. The van der Waals surface area contributed by atoms with Crippen LogP contribution in [0.3, 0.4) is 0 Å². The van der Waals surface area contributed by atoms with Crippen LogP contribution in [-0.2, 0) is 17.9 Å². The topological polar surface area (TPSA) is 106 Å². The fourth-order valence-electron chi connectivity index (χ4n) is 1.44. The fraction of sp³-hybridized carbons (Fsp3) is 0.182. The molecule has 8 heteroatoms. The maximum absolute atomic E-state index is 13.1. The summed E-state index contributed by atoms with van der Waals surface area (Å²) < 4.78 is 14.4. The normalized spacial score (nSPS) is 10.4. The average Bonchev–Trinajstić information content (AvgIpc) is 2.81. The lowest BCUT2D eigenvalue weighted by Crippen LogP contribution is -2.19. The molecule has 1 aromatic heterocycles. The number of phenols is 1. The number of carbonyl (C=O) groups is 1. The van der Waals surface area contributed by atoms with E-state index < -0.39 is 17.5 Å². The molecule has 0 fully saturated rings. The van der Waals surface area contributed by atoms with Gasteiger partial charge in [-0.15, -0.1) is 5.10 Å². The number of nitrogens with zero attached hydrogens (tertiary/aromatic N) is 3. The predicted molar refractivity (Wildman–Crippen MR) is 64.6 cm³/mol. The maximum Gasteiger partial charge on any atom is 0.246 e. The van der Waals surface area contributed by atoms with Crippen LogP contribution in [0, 0.1) is 5.82 Å². The Hall–Kier alpha value is -2.48. The van der Waals surface area contributed by atoms with E-state index in [2.05, 4.69) is 15.6 Å². The number of amides is 1. The summed E-state index contributed by atoms with van der Waals surface area (Å²) in [7, 11) is 0. The molecule has 0 aliphatic carbocycles. The fourth-order valence-corrected chi connectivity index (χ4v) is 1.44. The largest absolute Gasteiger partial charge is 0.505 e. The van der Waals surface area contributed by atoms with Gasteiger partial charge >= 0.3 is 0 Å². The van der Waals surface area contributed by atoms with Crippen LogP contribution in [0.25, 0.3) is 0 Å². The van der Waals surface area contributed by atoms with E-state index in [-0.39, 0.29) is 18.8 Å². The van der Waals surface area contributed by atoms with Crippen molar-refractivity contribution in [3.63, 3.8) is 0 Å². The predicted octanol–water partition coefficient (Wildman–Crippen LogP) is 0.220. The third-order valence-electron chi connectivity index (χ3n) is 2.33. The third-order valence-corrected chi connectivity index (χ3v) is 2.33. The van der Waals surface area contributed by atoms with E-state index in [0.29, 0.717) is 5.69 Å². The van der Waals surface area contributed by atoms with Gasteiger partial charge in [-0.05, 0) is 12.1 Å². The van der Waals surface area contributed by atoms with Gasteiger partial charge < -0.3 is 16.2 Å². The van der Waals surface area contributed by atoms with E-state index in [0.717, 1.165) is 12.1 Å². The summed E-state index contributed by atoms with van der Waals surface area (Å²) in [6, 6.07) is 3.58. The monoisotopic (exact) mass is 265 g/mol. The second-order valence-corrected chi connectivity index (χ2v) is 3.83. The lowest BCUT2D eigenvalue weighted by molar-refractivity contribution is -0.116. The quantitative estimate of drug-likeness (QED) is 0.686. The third kappa shape index (κ3) is 3.26. The molecule has 0 unspecified atom stereocenters. The van der Waals surface area contributed by atoms with Crippen LogP contribution in [0.4, 0.5) is 10.1 Å². The molecule has 2 aromatic rings. The molecule has 1 heterocycles. The zero-order valence-corrected chi connectivity index (χ0v) is 9.88. The van der Waals surface area contributed by atoms with E-state index in [1.54, 1.807) is 6.20 Å². The van der Waals surface area contributed by atoms with Gasteiger partial charge in [0.25, 0.3) is 0 Å². The summed E-state index contributed by atoms with van der Waals surface area (Å²) >= 11 is 0. The van der Waals surface area contributed by atoms with Crippen LogP contribution in [0.5, 0.6) is 5.75 Å². The highest BCUT2D eigenvalue weighted by molar-refractivity contribution is 5.90. The minimum absolute atomic E-state index is 0.0600. The number of nitrogens with one attached hydrogen (secondary N) is 1. The molecule has 19 heavy (non-hydrogen) atoms. The first-order valence-corrected chi connectivity index (χ1v) is 5.46. The molecular formula is C11H12FN5O2. The molecule has 1 amide bonds. The number of nitrogens with two attached hydrogens (primary N) is 1. The van der Waals surface area contributed by atoms with Gasteiger partial charge in [0, 0.05) is 18.3 Å². The summed E-state index contributed by atoms with van der Waals surface area (Å²) in [5, 5.41) is 18.9. The highest BCUT2D eigenvalue weighted by Crippen LogP contribution is 2.19. The van der Waals surface area contributed by atoms with Gasteiger partial charge in [-0.2, -0.15) is 0 Å². The van der Waals surface area contributed by atoms with Crippen LogP contribution >= 0.6 is 0 Å². The van der Waals surface area contributed by atoms with Crippen molar-refractivity contribution in [2.45, 2.75) is 13.1 Å². The van der Waals surface area contributed by atoms with Crippen LogP contribution in [0.2, 0.25) is 0 Å². The Bertz CT molecular complexity index is 599. The lowest BCUT2D eigenvalue weighted by atomic mass is 10.3. The lowest BCUT2D eigenvalue weighted by Gasteiger charge is -2.05. The summed E-state index contributed by atoms with van der Waals surface area (Å²) in [5.74, 6) is -1.66. The molecule has 0 aliphatic rings. The second-order valence-electron chi connectivity index (χ2n) is 3.83. The van der Waals surface area contributed by atoms with E-state index >= 15 is 0 Å². The van der Waals surface area contributed by atoms with Crippen molar-refractivity contribution in [3.05, 3.63) is 35.9 Å². The number of benzene rings is 1. The minimum atomic E-state index is -0.802. The summed E-state index contributed by atoms with van der Waals surface area (Å²) in [6.45, 7) is 0.181. The van der Waals surface area contributed by atoms with E-state index in [9.17, 15) is 9.18 Å². The first-order valence-electron chi connectivity index (χ1n) is 5.46. The number of aromatic hydroxyl groups is 1. The number of halogens is 1. The van der Waals surface area contributed by atoms with Crippen molar-refractivity contribution in [3.8, 4) is 5.75 Å². The molecule has 4 N–H and O–H groups in total. The van der Waals surface area contributed by atoms with Gasteiger partial charge in [0.1, 0.15) is 6.54 Å². The van der Waals surface area contributed by atoms with Crippen molar-refractivity contribution in [2.24, 2.45) is 5.73 Å². The number of phenolic OH excluding ortho intramolecular Hbond substituents is 1. The average molecular weight is 265 g/mol. The van der Waals surface area contributed by atoms with Crippen molar-refractivity contribution in [2.75, 3.05) is 5.32 Å². The minimum Gasteiger partial charge on any atom is -0.505 e. The summed E-state index contributed by atoms with van der Waals surface area (Å²) in [6.07, 6.45) is 1.55. The molecule has 0 aliphatic heterocycles. The van der Waals surface area contributed by atoms with Gasteiger partial charge in [-0.1, -0.05) is 5.21 Å². The molecule has 0 spiro atoms. The van der Waals surface area contributed by atoms with Crippen LogP contribution < -0.4 is 11.1 Å². The molecule has 100 valence electrons. The molecular weight excluding hydrogens is 253 g/mol. The Morgan fingerprint density at radius 3 is 2.95 bits per heavy atom. The number of rotatable bonds is 4. The molecule has 0 radical (unpaired) electrons. The zero-order valence-electron chi connectivity index (χ0n) is 9.88. The van der Waals surface area contributed by atoms with Gasteiger partial charge in [-0.3, -0.25) is 4.79 Å². The Kier molecular flexibility index (Phi) is 3.71. The zero-order chi connectivity index (χ0) is 13.8. The maximum atomic E-state index is 13.1. The highest BCUT2D eigenvalue weighted by Gasteiger charge is 2.08. The standard InChI is InChI=1S/C11H12FN5O2/c12-9-3-7(1-2-10(9)18)14-11(19)6-17-5-8(4-13)15-16-17/h1-3,5,18H,4,6,13H2,(H,14,19). The first-order chi connectivity index (χ1) is 9.08. The van der Waals surface area contributed by atoms with Gasteiger partial charge in [0.2, 0.25) is 5.91 Å². The van der Waals surface area contributed by atoms with Crippen molar-refractivity contribution < 1.29 is 14.3 Å². The number of carbonyl (C=O) groups excluding carboxylic acids is 1. The highest BCUT2D eigenvalue weighted by atomic mass is 19.1. The number of hydrogen-bond donors (Lipinski definition) is 3. The van der Waals surface area contributed by atoms with Crippen molar-refractivity contribution in [1.29, 1.82) is 0 Å². The molecule has 0 atom stereocenters. The van der Waals surface area contributed by atoms with Crippen LogP contribution in [-0.4, -0.2) is 26.0 Å². The Morgan fingerprint density at radius 1 is 1.53 bits per heavy atom. The summed E-state index contributed by atoms with van der Waals surface area (Å²) in [5.41, 5.74) is 6.19. The van der Waals surface area contributed by atoms with Gasteiger partial charge in [0.05, 0.1) is 11.9 Å². The van der Waals surface area contributed by atoms with Crippen molar-refractivity contribution >= 4 is 11.6 Å². The van der Waals surface area contributed by atoms with Crippen LogP contribution in [0.1, 0.15) is 5.69 Å². The molecule has 0 saturated carbocycles. The van der Waals surface area contributed by atoms with E-state index in [1.165, 1.54) is 10.7 Å². The van der Waals surface area contributed by atoms with Crippen molar-refractivity contribution in [1.82, 2.24) is 15.0 Å².